The van der Waals surface area contributed by atoms with Crippen molar-refractivity contribution in [2.24, 2.45) is 0 Å². The fraction of sp³-hybridized carbons (Fsp3) is 0.727. The first kappa shape index (κ1) is 17.0. The summed E-state index contributed by atoms with van der Waals surface area (Å²) in [6, 6.07) is 0. The molecule has 0 aliphatic carbocycles. The molecule has 0 atom stereocenters. The zero-order valence-corrected chi connectivity index (χ0v) is 10.0. The van der Waals surface area contributed by atoms with Crippen LogP contribution in [0.1, 0.15) is 45.4 Å². The summed E-state index contributed by atoms with van der Waals surface area (Å²) in [7, 11) is 1.27. The molecule has 4 heteroatoms. The van der Waals surface area contributed by atoms with Gasteiger partial charge in [-0.3, -0.25) is 0 Å². The van der Waals surface area contributed by atoms with Gasteiger partial charge in [0.2, 0.25) is 0 Å². The predicted octanol–water partition coefficient (Wildman–Crippen LogP) is -1.23. The average Bonchev–Trinajstić information content (AvgIpc) is 2.17. The molecule has 0 saturated carbocycles. The third-order valence-electron chi connectivity index (χ3n) is 2.01. The first-order valence-corrected chi connectivity index (χ1v) is 5.16. The Kier molecular flexibility index (Phi) is 13.3. The smallest absolute Gasteiger partial charge is 0.875 e. The van der Waals surface area contributed by atoms with Crippen LogP contribution in [0.2, 0.25) is 0 Å². The Morgan fingerprint density at radius 1 is 1.27 bits per heavy atom. The number of unbranched alkanes of at least 4 members (excludes halogenated alkanes) is 4. The molecule has 0 amide bonds. The number of hydrogen-bond donors (Lipinski definition) is 0. The molecule has 0 bridgehead atoms. The van der Waals surface area contributed by atoms with E-state index in [0.717, 1.165) is 18.9 Å². The van der Waals surface area contributed by atoms with E-state index in [-0.39, 0.29) is 24.6 Å². The van der Waals surface area contributed by atoms with Crippen molar-refractivity contribution in [3.8, 4) is 0 Å². The molecule has 0 rings (SSSR count). The van der Waals surface area contributed by atoms with Crippen molar-refractivity contribution >= 4 is 5.97 Å². The number of methoxy groups -OCH3 is 1. The molecule has 0 spiro atoms. The normalized spacial score (nSPS) is 10.7. The topological polar surface area (TPSA) is 49.4 Å². The number of carbonyl (C=O) groups is 1. The van der Waals surface area contributed by atoms with Crippen molar-refractivity contribution < 1.29 is 33.5 Å². The number of rotatable bonds is 7. The molecule has 0 aliphatic heterocycles. The zero-order valence-electron chi connectivity index (χ0n) is 10.0. The minimum atomic E-state index is -0.552. The minimum absolute atomic E-state index is 0. The van der Waals surface area contributed by atoms with E-state index in [1.165, 1.54) is 26.4 Å². The third-order valence-corrected chi connectivity index (χ3v) is 2.01. The Morgan fingerprint density at radius 3 is 2.40 bits per heavy atom. The van der Waals surface area contributed by atoms with Gasteiger partial charge in [-0.1, -0.05) is 39.0 Å². The van der Waals surface area contributed by atoms with Crippen LogP contribution in [0.15, 0.2) is 11.8 Å². The Bertz CT molecular complexity index is 190. The molecule has 3 nitrogen and oxygen atoms in total. The van der Waals surface area contributed by atoms with Crippen LogP contribution >= 0.6 is 0 Å². The summed E-state index contributed by atoms with van der Waals surface area (Å²) in [4.78, 5) is 10.7. The number of allylic oxidation sites excluding steroid dienone is 1. The van der Waals surface area contributed by atoms with Crippen LogP contribution in [-0.2, 0) is 9.53 Å². The first-order valence-electron chi connectivity index (χ1n) is 5.16. The van der Waals surface area contributed by atoms with Gasteiger partial charge in [-0.2, -0.15) is 0 Å². The van der Waals surface area contributed by atoms with E-state index >= 15 is 0 Å². The number of hydrogen-bond acceptors (Lipinski definition) is 3. The van der Waals surface area contributed by atoms with Gasteiger partial charge in [0, 0.05) is 6.08 Å². The maximum absolute atomic E-state index is 11.1. The van der Waals surface area contributed by atoms with E-state index in [1.807, 2.05) is 0 Å². The number of ether oxygens (including phenoxy) is 1. The van der Waals surface area contributed by atoms with Crippen LogP contribution in [0.3, 0.4) is 0 Å². The van der Waals surface area contributed by atoms with Gasteiger partial charge in [-0.05, 0) is 6.42 Å². The Balaban J connectivity index is 0. The fourth-order valence-electron chi connectivity index (χ4n) is 1.17. The molecule has 0 radical (unpaired) electrons. The van der Waals surface area contributed by atoms with Gasteiger partial charge in [-0.25, -0.2) is 4.79 Å². The Morgan fingerprint density at radius 2 is 1.87 bits per heavy atom. The summed E-state index contributed by atoms with van der Waals surface area (Å²) < 4.78 is 4.35. The van der Waals surface area contributed by atoms with Crippen molar-refractivity contribution in [1.82, 2.24) is 0 Å². The van der Waals surface area contributed by atoms with E-state index < -0.39 is 5.97 Å². The standard InChI is InChI=1S/C11H20O3.Li/c1-3-4-5-6-7-8-10(12)9-11(13)14-2;/h9,12H,3-8H2,1-2H3;/q;+1/p-1/b10-9-;. The van der Waals surface area contributed by atoms with Crippen molar-refractivity contribution in [1.29, 1.82) is 0 Å². The van der Waals surface area contributed by atoms with Crippen molar-refractivity contribution in [3.05, 3.63) is 11.8 Å². The molecule has 0 aromatic rings. The van der Waals surface area contributed by atoms with Crippen LogP contribution in [0, 0.1) is 0 Å². The quantitative estimate of drug-likeness (QED) is 0.172. The molecule has 0 N–H and O–H groups in total. The number of esters is 1. The molecule has 0 fully saturated rings. The van der Waals surface area contributed by atoms with Crippen LogP contribution in [0.5, 0.6) is 0 Å². The van der Waals surface area contributed by atoms with E-state index in [4.69, 9.17) is 0 Å². The fourth-order valence-corrected chi connectivity index (χ4v) is 1.17. The van der Waals surface area contributed by atoms with E-state index in [1.54, 1.807) is 0 Å². The van der Waals surface area contributed by atoms with E-state index in [2.05, 4.69) is 11.7 Å². The van der Waals surface area contributed by atoms with Crippen molar-refractivity contribution in [2.45, 2.75) is 45.4 Å². The second-order valence-electron chi connectivity index (χ2n) is 3.30. The predicted molar refractivity (Wildman–Crippen MR) is 53.5 cm³/mol. The summed E-state index contributed by atoms with van der Waals surface area (Å²) in [5.74, 6) is -0.683. The minimum Gasteiger partial charge on any atom is -0.875 e. The van der Waals surface area contributed by atoms with Gasteiger partial charge in [0.15, 0.2) is 0 Å². The van der Waals surface area contributed by atoms with Crippen LogP contribution in [0.4, 0.5) is 0 Å². The van der Waals surface area contributed by atoms with Gasteiger partial charge in [-0.15, -0.1) is 5.76 Å². The van der Waals surface area contributed by atoms with Crippen molar-refractivity contribution in [2.75, 3.05) is 7.11 Å². The molecule has 0 unspecified atom stereocenters. The number of carbonyl (C=O) groups excluding carboxylic acids is 1. The maximum Gasteiger partial charge on any atom is 1.00 e. The van der Waals surface area contributed by atoms with Crippen LogP contribution in [0.25, 0.3) is 0 Å². The first-order chi connectivity index (χ1) is 6.70. The molecule has 0 aromatic heterocycles. The molecular weight excluding hydrogens is 187 g/mol. The summed E-state index contributed by atoms with van der Waals surface area (Å²) >= 11 is 0. The average molecular weight is 206 g/mol. The molecule has 0 heterocycles. The van der Waals surface area contributed by atoms with E-state index in [0.29, 0.717) is 6.42 Å². The second kappa shape index (κ2) is 11.7. The van der Waals surface area contributed by atoms with E-state index in [9.17, 15) is 9.90 Å². The molecule has 15 heavy (non-hydrogen) atoms. The van der Waals surface area contributed by atoms with Gasteiger partial charge in [0.25, 0.3) is 0 Å². The van der Waals surface area contributed by atoms with Crippen molar-refractivity contribution in [3.63, 3.8) is 0 Å². The summed E-state index contributed by atoms with van der Waals surface area (Å²) in [5, 5.41) is 11.1. The van der Waals surface area contributed by atoms with Gasteiger partial charge in [0.1, 0.15) is 0 Å². The van der Waals surface area contributed by atoms with Gasteiger partial charge >= 0.3 is 24.8 Å². The maximum atomic E-state index is 11.1. The molecule has 0 aliphatic rings. The molecule has 82 valence electrons. The monoisotopic (exact) mass is 206 g/mol. The van der Waals surface area contributed by atoms with Gasteiger partial charge < -0.3 is 9.84 Å². The Labute approximate surface area is 104 Å². The Hall–Kier alpha value is -0.393. The van der Waals surface area contributed by atoms with Gasteiger partial charge in [0.05, 0.1) is 7.11 Å². The van der Waals surface area contributed by atoms with Crippen LogP contribution in [-0.4, -0.2) is 13.1 Å². The second-order valence-corrected chi connectivity index (χ2v) is 3.30. The zero-order chi connectivity index (χ0) is 10.8. The summed E-state index contributed by atoms with van der Waals surface area (Å²) in [6.45, 7) is 2.15. The largest absolute Gasteiger partial charge is 1.00 e. The summed E-state index contributed by atoms with van der Waals surface area (Å²) in [5.41, 5.74) is 0. The third kappa shape index (κ3) is 11.5. The van der Waals surface area contributed by atoms with Crippen LogP contribution < -0.4 is 24.0 Å². The SMILES string of the molecule is CCCCCCC/C([O-])=C/C(=O)OC.[Li+]. The summed E-state index contributed by atoms with van der Waals surface area (Å²) in [6.07, 6.45) is 7.00. The molecule has 0 saturated heterocycles. The molecular formula is C11H19LiO3. The molecule has 0 aromatic carbocycles.